The van der Waals surface area contributed by atoms with Crippen LogP contribution in [-0.4, -0.2) is 32.8 Å². The quantitative estimate of drug-likeness (QED) is 0.724. The average molecular weight is 312 g/mol. The second kappa shape index (κ2) is 6.04. The number of carbonyl (C=O) groups is 2. The van der Waals surface area contributed by atoms with Gasteiger partial charge in [0, 0.05) is 5.56 Å². The van der Waals surface area contributed by atoms with Crippen molar-refractivity contribution in [2.24, 2.45) is 0 Å². The second-order valence-electron chi connectivity index (χ2n) is 4.06. The Morgan fingerprint density at radius 1 is 1.24 bits per heavy atom. The van der Waals surface area contributed by atoms with Gasteiger partial charge in [0.15, 0.2) is 0 Å². The molecule has 1 aromatic rings. The molecule has 4 N–H and O–H groups in total. The third-order valence-corrected chi connectivity index (χ3v) is 4.22. The molecule has 1 aliphatic heterocycles. The summed E-state index contributed by atoms with van der Waals surface area (Å²) in [5.74, 6) is -0.412. The van der Waals surface area contributed by atoms with Gasteiger partial charge >= 0.3 is 6.03 Å². The zero-order chi connectivity index (χ0) is 14.9. The van der Waals surface area contributed by atoms with Crippen LogP contribution in [-0.2, 0) is 10.0 Å². The number of carbonyl (C=O) groups excluding carboxylic acids is 2. The van der Waals surface area contributed by atoms with Crippen LogP contribution in [0.15, 0.2) is 40.6 Å². The van der Waals surface area contributed by atoms with E-state index >= 15 is 0 Å². The molecule has 1 aromatic carbocycles. The number of hydrogen-bond donors (Lipinski definition) is 2. The van der Waals surface area contributed by atoms with Gasteiger partial charge in [-0.2, -0.15) is 5.32 Å². The number of amides is 2. The van der Waals surface area contributed by atoms with Crippen LogP contribution in [0.25, 0.3) is 0 Å². The lowest BCUT2D eigenvalue weighted by Crippen LogP contribution is -2.22. The van der Waals surface area contributed by atoms with Gasteiger partial charge in [0.25, 0.3) is 0 Å². The number of allylic oxidation sites excluding steroid dienone is 2. The molecule has 0 aromatic heterocycles. The molecule has 113 valence electrons. The predicted octanol–water partition coefficient (Wildman–Crippen LogP) is -0.488. The summed E-state index contributed by atoms with van der Waals surface area (Å²) in [5, 5.41) is 5.94. The van der Waals surface area contributed by atoms with Crippen molar-refractivity contribution in [3.8, 4) is 0 Å². The fourth-order valence-corrected chi connectivity index (χ4v) is 2.43. The molecule has 0 aliphatic carbocycles. The Morgan fingerprint density at radius 2 is 1.81 bits per heavy atom. The van der Waals surface area contributed by atoms with Crippen LogP contribution >= 0.6 is 0 Å². The van der Waals surface area contributed by atoms with E-state index in [1.165, 1.54) is 31.3 Å². The molecule has 0 saturated carbocycles. The zero-order valence-corrected chi connectivity index (χ0v) is 12.1. The summed E-state index contributed by atoms with van der Waals surface area (Å²) < 4.78 is 25.3. The highest BCUT2D eigenvalue weighted by Gasteiger charge is 2.25. The van der Waals surface area contributed by atoms with E-state index in [2.05, 4.69) is 15.4 Å². The van der Waals surface area contributed by atoms with Crippen LogP contribution in [0.4, 0.5) is 4.79 Å². The van der Waals surface area contributed by atoms with Gasteiger partial charge in [0.05, 0.1) is 10.6 Å². The topological polar surface area (TPSA) is 138 Å². The Kier molecular flexibility index (Phi) is 4.84. The summed E-state index contributed by atoms with van der Waals surface area (Å²) in [5.41, 5.74) is 0.693. The highest BCUT2D eigenvalue weighted by molar-refractivity contribution is 7.89. The van der Waals surface area contributed by atoms with E-state index in [1.54, 1.807) is 6.92 Å². The fourth-order valence-electron chi connectivity index (χ4n) is 1.70. The molecule has 2 amide bonds. The van der Waals surface area contributed by atoms with Crippen molar-refractivity contribution in [3.05, 3.63) is 41.2 Å². The number of nitrogens with zero attached hydrogens (tertiary/aromatic N) is 1. The van der Waals surface area contributed by atoms with Crippen molar-refractivity contribution in [2.75, 3.05) is 7.05 Å². The number of benzene rings is 1. The molecule has 1 aliphatic rings. The van der Waals surface area contributed by atoms with Gasteiger partial charge in [-0.3, -0.25) is 4.79 Å². The maximum absolute atomic E-state index is 12.1. The van der Waals surface area contributed by atoms with Crippen LogP contribution in [0.3, 0.4) is 0 Å². The van der Waals surface area contributed by atoms with Gasteiger partial charge in [-0.05, 0) is 38.2 Å². The summed E-state index contributed by atoms with van der Waals surface area (Å²) in [6.07, 6.45) is 0. The number of hydrogen-bond acceptors (Lipinski definition) is 4. The molecule has 0 spiro atoms. The van der Waals surface area contributed by atoms with Crippen molar-refractivity contribution in [1.82, 2.24) is 15.4 Å². The van der Waals surface area contributed by atoms with E-state index in [0.717, 1.165) is 0 Å². The maximum Gasteiger partial charge on any atom is 0.345 e. The number of Topliss-reactive ketones (excluding diaryl/α,β-unsaturated/α-hetero) is 1. The largest absolute Gasteiger partial charge is 0.412 e. The van der Waals surface area contributed by atoms with E-state index in [1.807, 2.05) is 0 Å². The Hall–Kier alpha value is -2.23. The van der Waals surface area contributed by atoms with Crippen LogP contribution in [0.1, 0.15) is 17.3 Å². The molecule has 0 unspecified atom stereocenters. The molecular formula is C12H14N3O5S. The van der Waals surface area contributed by atoms with E-state index in [4.69, 9.17) is 0 Å². The third-order valence-electron chi connectivity index (χ3n) is 2.79. The van der Waals surface area contributed by atoms with Crippen LogP contribution in [0.5, 0.6) is 0 Å². The molecule has 0 bridgehead atoms. The van der Waals surface area contributed by atoms with E-state index in [0.29, 0.717) is 5.70 Å². The van der Waals surface area contributed by atoms with Crippen molar-refractivity contribution in [1.29, 1.82) is 0 Å². The lowest BCUT2D eigenvalue weighted by Gasteiger charge is -2.05. The first-order valence-corrected chi connectivity index (χ1v) is 7.15. The summed E-state index contributed by atoms with van der Waals surface area (Å²) in [6, 6.07) is 4.83. The van der Waals surface area contributed by atoms with E-state index < -0.39 is 21.8 Å². The summed E-state index contributed by atoms with van der Waals surface area (Å²) in [7, 11) is -2.24. The zero-order valence-electron chi connectivity index (χ0n) is 11.3. The number of ketones is 1. The number of sulfonamides is 1. The third kappa shape index (κ3) is 3.27. The Balaban J connectivity index is 0.00000220. The van der Waals surface area contributed by atoms with Crippen LogP contribution in [0.2, 0.25) is 0 Å². The maximum atomic E-state index is 12.1. The number of nitrogens with one attached hydrogen (secondary N) is 2. The lowest BCUT2D eigenvalue weighted by atomic mass is 10.1. The van der Waals surface area contributed by atoms with Gasteiger partial charge in [0.2, 0.25) is 15.8 Å². The highest BCUT2D eigenvalue weighted by atomic mass is 32.2. The minimum atomic E-state index is -3.54. The molecule has 0 saturated heterocycles. The Morgan fingerprint density at radius 3 is 2.24 bits per heavy atom. The van der Waals surface area contributed by atoms with Gasteiger partial charge in [0.1, 0.15) is 5.70 Å². The molecule has 1 radical (unpaired) electrons. The normalized spacial score (nSPS) is 14.3. The molecule has 8 nitrogen and oxygen atoms in total. The molecule has 0 fully saturated rings. The highest BCUT2D eigenvalue weighted by Crippen LogP contribution is 2.16. The van der Waals surface area contributed by atoms with E-state index in [9.17, 15) is 18.0 Å². The first kappa shape index (κ1) is 16.8. The molecule has 0 atom stereocenters. The second-order valence-corrected chi connectivity index (χ2v) is 5.95. The smallest absolute Gasteiger partial charge is 0.345 e. The van der Waals surface area contributed by atoms with Gasteiger partial charge < -0.3 is 10.8 Å². The minimum absolute atomic E-state index is 0. The monoisotopic (exact) mass is 312 g/mol. The van der Waals surface area contributed by atoms with Crippen LogP contribution in [0, 0.1) is 0 Å². The molecule has 9 heteroatoms. The predicted molar refractivity (Wildman–Crippen MR) is 74.0 cm³/mol. The molecule has 1 heterocycles. The Bertz CT molecular complexity index is 707. The standard InChI is InChI=1S/C12H12N3O4S.H2O/c1-7-10(15-12(17)14-7)11(16)8-3-5-9(6-4-8)20(18,19)13-2;/h3-6,13H,1-2H3,(H,15,17);1H2. The number of urea groups is 1. The van der Waals surface area contributed by atoms with Crippen molar-refractivity contribution < 1.29 is 23.5 Å². The molecular weight excluding hydrogens is 298 g/mol. The first-order valence-electron chi connectivity index (χ1n) is 5.67. The Labute approximate surface area is 121 Å². The summed E-state index contributed by atoms with van der Waals surface area (Å²) in [4.78, 5) is 23.3. The summed E-state index contributed by atoms with van der Waals surface area (Å²) >= 11 is 0. The lowest BCUT2D eigenvalue weighted by molar-refractivity contribution is 0.102. The van der Waals surface area contributed by atoms with Crippen molar-refractivity contribution in [3.63, 3.8) is 0 Å². The fraction of sp³-hybridized carbons (Fsp3) is 0.167. The molecule has 2 rings (SSSR count). The van der Waals surface area contributed by atoms with Gasteiger partial charge in [-0.1, -0.05) is 0 Å². The number of rotatable bonds is 4. The van der Waals surface area contributed by atoms with Crippen LogP contribution < -0.4 is 15.4 Å². The van der Waals surface area contributed by atoms with E-state index in [-0.39, 0.29) is 21.6 Å². The van der Waals surface area contributed by atoms with Gasteiger partial charge in [-0.25, -0.2) is 17.9 Å². The molecule has 21 heavy (non-hydrogen) atoms. The van der Waals surface area contributed by atoms with Crippen molar-refractivity contribution in [2.45, 2.75) is 11.8 Å². The SMILES string of the molecule is CNS(=O)(=O)c1ccc(C(=O)C2=C(C)[N]C(=O)N2)cc1.O. The minimum Gasteiger partial charge on any atom is -0.412 e. The first-order chi connectivity index (χ1) is 9.35. The average Bonchev–Trinajstić information content (AvgIpc) is 2.77. The summed E-state index contributed by atoms with van der Waals surface area (Å²) in [6.45, 7) is 1.55. The van der Waals surface area contributed by atoms with Crippen molar-refractivity contribution >= 4 is 21.8 Å². The van der Waals surface area contributed by atoms with Gasteiger partial charge in [-0.15, -0.1) is 0 Å².